The zero-order valence-corrected chi connectivity index (χ0v) is 8.38. The highest BCUT2D eigenvalue weighted by atomic mass is 31.2. The Hall–Kier alpha value is -0.300. The van der Waals surface area contributed by atoms with Crippen molar-refractivity contribution in [3.8, 4) is 0 Å². The maximum atomic E-state index is 11.7. The number of aliphatic carboxylic acids is 1. The van der Waals surface area contributed by atoms with Gasteiger partial charge in [-0.2, -0.15) is 0 Å². The lowest BCUT2D eigenvalue weighted by atomic mass is 10.1. The van der Waals surface area contributed by atoms with E-state index in [4.69, 9.17) is 5.11 Å². The third kappa shape index (κ3) is 1.89. The molecule has 1 fully saturated rings. The molecule has 2 atom stereocenters. The van der Waals surface area contributed by atoms with Gasteiger partial charge in [-0.3, -0.25) is 4.79 Å². The largest absolute Gasteiger partial charge is 0.481 e. The van der Waals surface area contributed by atoms with Crippen molar-refractivity contribution in [2.24, 2.45) is 5.92 Å². The quantitative estimate of drug-likeness (QED) is 0.676. The van der Waals surface area contributed by atoms with Crippen LogP contribution in [0.4, 0.5) is 0 Å². The summed E-state index contributed by atoms with van der Waals surface area (Å²) in [6, 6.07) is 0. The third-order valence-corrected chi connectivity index (χ3v) is 4.81. The van der Waals surface area contributed by atoms with Gasteiger partial charge in [0.05, 0.1) is 13.1 Å². The van der Waals surface area contributed by atoms with E-state index in [0.717, 1.165) is 12.8 Å². The zero-order chi connectivity index (χ0) is 9.35. The van der Waals surface area contributed by atoms with Crippen molar-refractivity contribution in [1.29, 1.82) is 0 Å². The van der Waals surface area contributed by atoms with E-state index in [9.17, 15) is 9.36 Å². The predicted molar refractivity (Wildman–Crippen MR) is 48.2 cm³/mol. The van der Waals surface area contributed by atoms with Gasteiger partial charge in [0.25, 0.3) is 0 Å². The molecule has 0 amide bonds. The molecule has 0 saturated heterocycles. The van der Waals surface area contributed by atoms with Gasteiger partial charge < -0.3 is 9.67 Å². The normalized spacial score (nSPS) is 30.5. The molecule has 12 heavy (non-hydrogen) atoms. The van der Waals surface area contributed by atoms with Crippen LogP contribution < -0.4 is 0 Å². The van der Waals surface area contributed by atoms with E-state index in [2.05, 4.69) is 0 Å². The summed E-state index contributed by atoms with van der Waals surface area (Å²) in [4.78, 5) is 10.7. The van der Waals surface area contributed by atoms with E-state index in [1.807, 2.05) is 0 Å². The van der Waals surface area contributed by atoms with E-state index < -0.39 is 13.1 Å². The monoisotopic (exact) mass is 190 g/mol. The van der Waals surface area contributed by atoms with Gasteiger partial charge >= 0.3 is 5.97 Å². The van der Waals surface area contributed by atoms with Gasteiger partial charge in [-0.15, -0.1) is 0 Å². The summed E-state index contributed by atoms with van der Waals surface area (Å²) in [6.07, 6.45) is 2.43. The van der Waals surface area contributed by atoms with Crippen LogP contribution in [0.3, 0.4) is 0 Å². The molecular formula is C8H15O3P. The van der Waals surface area contributed by atoms with Gasteiger partial charge in [0.2, 0.25) is 0 Å². The number of hydrogen-bond acceptors (Lipinski definition) is 2. The fourth-order valence-electron chi connectivity index (χ4n) is 1.97. The Morgan fingerprint density at radius 3 is 2.33 bits per heavy atom. The Morgan fingerprint density at radius 2 is 2.00 bits per heavy atom. The molecule has 1 saturated carbocycles. The van der Waals surface area contributed by atoms with Crippen molar-refractivity contribution < 1.29 is 14.5 Å². The molecule has 1 aliphatic rings. The Kier molecular flexibility index (Phi) is 2.62. The standard InChI is InChI=1S/C8H15O3P/c1-12(2,11)7-5-3-4-6(7)8(9)10/h6-7H,3-5H2,1-2H3,(H,9,10). The first kappa shape index (κ1) is 9.79. The summed E-state index contributed by atoms with van der Waals surface area (Å²) in [5.74, 6) is -1.13. The lowest BCUT2D eigenvalue weighted by Gasteiger charge is -2.19. The minimum atomic E-state index is -2.20. The van der Waals surface area contributed by atoms with E-state index in [1.165, 1.54) is 0 Å². The topological polar surface area (TPSA) is 54.4 Å². The molecule has 70 valence electrons. The van der Waals surface area contributed by atoms with Gasteiger partial charge in [0.15, 0.2) is 0 Å². The first-order chi connectivity index (χ1) is 5.43. The van der Waals surface area contributed by atoms with Crippen LogP contribution in [-0.2, 0) is 9.36 Å². The summed E-state index contributed by atoms with van der Waals surface area (Å²) in [7, 11) is -2.20. The van der Waals surface area contributed by atoms with Crippen LogP contribution in [0.15, 0.2) is 0 Å². The molecular weight excluding hydrogens is 175 g/mol. The van der Waals surface area contributed by atoms with Crippen molar-refractivity contribution >= 4 is 13.1 Å². The molecule has 0 spiro atoms. The smallest absolute Gasteiger partial charge is 0.307 e. The Bertz CT molecular complexity index is 230. The van der Waals surface area contributed by atoms with Crippen molar-refractivity contribution in [2.45, 2.75) is 24.9 Å². The van der Waals surface area contributed by atoms with E-state index >= 15 is 0 Å². The molecule has 0 bridgehead atoms. The highest BCUT2D eigenvalue weighted by Gasteiger charge is 2.39. The second-order valence-electron chi connectivity index (χ2n) is 3.88. The van der Waals surface area contributed by atoms with Crippen LogP contribution in [0.1, 0.15) is 19.3 Å². The number of hydrogen-bond donors (Lipinski definition) is 1. The molecule has 1 aliphatic carbocycles. The van der Waals surface area contributed by atoms with Gasteiger partial charge in [-0.25, -0.2) is 0 Å². The molecule has 0 heterocycles. The van der Waals surface area contributed by atoms with Crippen LogP contribution in [0.5, 0.6) is 0 Å². The van der Waals surface area contributed by atoms with Crippen molar-refractivity contribution in [1.82, 2.24) is 0 Å². The Balaban J connectivity index is 2.78. The van der Waals surface area contributed by atoms with Crippen molar-refractivity contribution in [2.75, 3.05) is 13.3 Å². The predicted octanol–water partition coefficient (Wildman–Crippen LogP) is 1.86. The molecule has 4 heteroatoms. The maximum absolute atomic E-state index is 11.7. The van der Waals surface area contributed by atoms with Gasteiger partial charge in [0, 0.05) is 5.66 Å². The van der Waals surface area contributed by atoms with E-state index in [-0.39, 0.29) is 11.6 Å². The number of rotatable bonds is 2. The number of carboxylic acids is 1. The second-order valence-corrected chi connectivity index (χ2v) is 7.41. The van der Waals surface area contributed by atoms with E-state index in [1.54, 1.807) is 13.3 Å². The molecule has 0 radical (unpaired) electrons. The Morgan fingerprint density at radius 1 is 1.42 bits per heavy atom. The summed E-state index contributed by atoms with van der Waals surface area (Å²) in [5, 5.41) is 8.83. The third-order valence-electron chi connectivity index (χ3n) is 2.60. The highest BCUT2D eigenvalue weighted by molar-refractivity contribution is 7.63. The highest BCUT2D eigenvalue weighted by Crippen LogP contribution is 2.52. The van der Waals surface area contributed by atoms with Crippen molar-refractivity contribution in [3.63, 3.8) is 0 Å². The minimum Gasteiger partial charge on any atom is -0.481 e. The van der Waals surface area contributed by atoms with Crippen LogP contribution in [0.25, 0.3) is 0 Å². The summed E-state index contributed by atoms with van der Waals surface area (Å²) >= 11 is 0. The second kappa shape index (κ2) is 3.21. The lowest BCUT2D eigenvalue weighted by molar-refractivity contribution is -0.141. The average molecular weight is 190 g/mol. The van der Waals surface area contributed by atoms with Crippen LogP contribution in [-0.4, -0.2) is 30.1 Å². The molecule has 2 unspecified atom stereocenters. The van der Waals surface area contributed by atoms with Crippen molar-refractivity contribution in [3.05, 3.63) is 0 Å². The number of carbonyl (C=O) groups is 1. The molecule has 0 aromatic carbocycles. The maximum Gasteiger partial charge on any atom is 0.307 e. The van der Waals surface area contributed by atoms with Crippen LogP contribution in [0.2, 0.25) is 0 Å². The zero-order valence-electron chi connectivity index (χ0n) is 7.49. The van der Waals surface area contributed by atoms with Gasteiger partial charge in [-0.05, 0) is 26.2 Å². The number of carboxylic acid groups (broad SMARTS) is 1. The molecule has 0 aromatic rings. The minimum absolute atomic E-state index is 0.0741. The van der Waals surface area contributed by atoms with E-state index in [0.29, 0.717) is 6.42 Å². The first-order valence-corrected chi connectivity index (χ1v) is 6.87. The van der Waals surface area contributed by atoms with Crippen LogP contribution in [0, 0.1) is 5.92 Å². The molecule has 3 nitrogen and oxygen atoms in total. The summed E-state index contributed by atoms with van der Waals surface area (Å²) < 4.78 is 11.7. The fourth-order valence-corrected chi connectivity index (χ4v) is 3.92. The van der Waals surface area contributed by atoms with Crippen LogP contribution >= 0.6 is 7.14 Å². The molecule has 1 N–H and O–H groups in total. The lowest BCUT2D eigenvalue weighted by Crippen LogP contribution is -2.22. The van der Waals surface area contributed by atoms with Gasteiger partial charge in [-0.1, -0.05) is 6.42 Å². The Labute approximate surface area is 72.5 Å². The fraction of sp³-hybridized carbons (Fsp3) is 0.875. The summed E-state index contributed by atoms with van der Waals surface area (Å²) in [5.41, 5.74) is -0.0741. The first-order valence-electron chi connectivity index (χ1n) is 4.20. The molecule has 1 rings (SSSR count). The van der Waals surface area contributed by atoms with Gasteiger partial charge in [0.1, 0.15) is 0 Å². The SMILES string of the molecule is CP(C)(=O)C1CCCC1C(=O)O. The summed E-state index contributed by atoms with van der Waals surface area (Å²) in [6.45, 7) is 3.39. The molecule has 0 aromatic heterocycles. The molecule has 0 aliphatic heterocycles. The average Bonchev–Trinajstić information content (AvgIpc) is 2.30.